The third-order valence-corrected chi connectivity index (χ3v) is 6.26. The highest BCUT2D eigenvalue weighted by Gasteiger charge is 2.18. The molecule has 1 aliphatic rings. The molecule has 4 rings (SSSR count). The molecular weight excluding hydrogens is 486 g/mol. The Bertz CT molecular complexity index is 1070. The van der Waals surface area contributed by atoms with Crippen LogP contribution in [0.15, 0.2) is 91.1 Å². The van der Waals surface area contributed by atoms with Gasteiger partial charge in [0.2, 0.25) is 0 Å². The SMILES string of the molecule is CCC(=O)O.Fc1ccc(C(OCCN2CCN(/C=C/Cc3ccccc3)CC2)c2ccc(F)cc2)cc1. The van der Waals surface area contributed by atoms with Crippen LogP contribution in [-0.2, 0) is 16.0 Å². The molecule has 0 bridgehead atoms. The van der Waals surface area contributed by atoms with Crippen molar-refractivity contribution in [2.24, 2.45) is 0 Å². The molecule has 1 aliphatic heterocycles. The van der Waals surface area contributed by atoms with Gasteiger partial charge >= 0.3 is 5.97 Å². The quantitative estimate of drug-likeness (QED) is 0.358. The van der Waals surface area contributed by atoms with E-state index in [2.05, 4.69) is 46.3 Å². The number of rotatable bonds is 10. The number of benzene rings is 3. The highest BCUT2D eigenvalue weighted by molar-refractivity contribution is 5.66. The summed E-state index contributed by atoms with van der Waals surface area (Å²) in [5.74, 6) is -1.32. The van der Waals surface area contributed by atoms with Crippen molar-refractivity contribution >= 4 is 5.97 Å². The maximum atomic E-state index is 13.4. The molecule has 0 amide bonds. The molecule has 1 N–H and O–H groups in total. The Kier molecular flexibility index (Phi) is 11.9. The zero-order valence-electron chi connectivity index (χ0n) is 21.8. The standard InChI is InChI=1S/C28H30F2N2O.C3H6O2/c29-26-12-8-24(9-13-26)28(25-10-14-27(30)15-11-25)33-22-21-32-19-17-31(18-20-32)16-4-7-23-5-2-1-3-6-23;1-2-3(4)5/h1-6,8-16,28H,7,17-22H2;2H2,1H3,(H,4,5)/b16-4+;. The minimum absolute atomic E-state index is 0.222. The largest absolute Gasteiger partial charge is 0.481 e. The van der Waals surface area contributed by atoms with Crippen LogP contribution in [0.4, 0.5) is 8.78 Å². The molecule has 38 heavy (non-hydrogen) atoms. The minimum atomic E-state index is -0.745. The summed E-state index contributed by atoms with van der Waals surface area (Å²) in [6, 6.07) is 23.1. The van der Waals surface area contributed by atoms with E-state index in [1.54, 1.807) is 31.2 Å². The van der Waals surface area contributed by atoms with Gasteiger partial charge in [0, 0.05) is 39.1 Å². The Balaban J connectivity index is 0.000000732. The minimum Gasteiger partial charge on any atom is -0.481 e. The fourth-order valence-corrected chi connectivity index (χ4v) is 4.05. The van der Waals surface area contributed by atoms with Crippen LogP contribution in [0.1, 0.15) is 36.1 Å². The summed E-state index contributed by atoms with van der Waals surface area (Å²) in [4.78, 5) is 14.1. The van der Waals surface area contributed by atoms with Gasteiger partial charge in [-0.05, 0) is 53.6 Å². The predicted octanol–water partition coefficient (Wildman–Crippen LogP) is 5.93. The molecule has 0 aromatic heterocycles. The molecule has 1 fully saturated rings. The van der Waals surface area contributed by atoms with E-state index in [0.717, 1.165) is 50.3 Å². The molecule has 5 nitrogen and oxygen atoms in total. The summed E-state index contributed by atoms with van der Waals surface area (Å²) in [6.45, 7) is 6.91. The Labute approximate surface area is 224 Å². The van der Waals surface area contributed by atoms with Crippen molar-refractivity contribution in [3.8, 4) is 0 Å². The first kappa shape index (κ1) is 29.0. The molecule has 202 valence electrons. The second-order valence-corrected chi connectivity index (χ2v) is 9.05. The topological polar surface area (TPSA) is 53.0 Å². The van der Waals surface area contributed by atoms with Gasteiger partial charge in [-0.3, -0.25) is 9.69 Å². The highest BCUT2D eigenvalue weighted by atomic mass is 19.1. The zero-order chi connectivity index (χ0) is 27.2. The molecule has 0 unspecified atom stereocenters. The molecule has 3 aromatic rings. The number of ether oxygens (including phenoxy) is 1. The number of nitrogens with zero attached hydrogens (tertiary/aromatic N) is 2. The van der Waals surface area contributed by atoms with Crippen LogP contribution in [0.25, 0.3) is 0 Å². The van der Waals surface area contributed by atoms with Gasteiger partial charge in [-0.25, -0.2) is 8.78 Å². The van der Waals surface area contributed by atoms with Crippen LogP contribution in [0, 0.1) is 11.6 Å². The third-order valence-electron chi connectivity index (χ3n) is 6.26. The number of piperazine rings is 1. The van der Waals surface area contributed by atoms with Crippen molar-refractivity contribution in [1.82, 2.24) is 9.80 Å². The fourth-order valence-electron chi connectivity index (χ4n) is 4.05. The van der Waals surface area contributed by atoms with Crippen molar-refractivity contribution in [3.63, 3.8) is 0 Å². The van der Waals surface area contributed by atoms with Gasteiger partial charge in [-0.15, -0.1) is 0 Å². The number of carbonyl (C=O) groups is 1. The smallest absolute Gasteiger partial charge is 0.303 e. The lowest BCUT2D eigenvalue weighted by Crippen LogP contribution is -2.45. The van der Waals surface area contributed by atoms with Gasteiger partial charge in [0.1, 0.15) is 17.7 Å². The monoisotopic (exact) mass is 522 g/mol. The normalized spacial score (nSPS) is 13.9. The molecule has 1 saturated heterocycles. The Morgan fingerprint density at radius 3 is 1.92 bits per heavy atom. The lowest BCUT2D eigenvalue weighted by atomic mass is 10.0. The fraction of sp³-hybridized carbons (Fsp3) is 0.323. The summed E-state index contributed by atoms with van der Waals surface area (Å²) < 4.78 is 33.0. The second kappa shape index (κ2) is 15.6. The Hall–Kier alpha value is -3.55. The molecule has 0 saturated carbocycles. The number of carboxylic acids is 1. The van der Waals surface area contributed by atoms with E-state index in [1.165, 1.54) is 29.8 Å². The van der Waals surface area contributed by atoms with Gasteiger partial charge in [0.15, 0.2) is 0 Å². The van der Waals surface area contributed by atoms with Gasteiger partial charge in [-0.1, -0.05) is 67.6 Å². The molecule has 1 heterocycles. The van der Waals surface area contributed by atoms with E-state index in [9.17, 15) is 13.6 Å². The van der Waals surface area contributed by atoms with E-state index in [0.29, 0.717) is 6.61 Å². The number of halogens is 2. The third kappa shape index (κ3) is 10.1. The maximum absolute atomic E-state index is 13.4. The van der Waals surface area contributed by atoms with Crippen molar-refractivity contribution < 1.29 is 23.4 Å². The lowest BCUT2D eigenvalue weighted by Gasteiger charge is -2.34. The van der Waals surface area contributed by atoms with Crippen molar-refractivity contribution in [2.75, 3.05) is 39.3 Å². The molecule has 0 aliphatic carbocycles. The van der Waals surface area contributed by atoms with E-state index < -0.39 is 5.97 Å². The molecule has 0 atom stereocenters. The average molecular weight is 523 g/mol. The number of hydrogen-bond donors (Lipinski definition) is 1. The van der Waals surface area contributed by atoms with Gasteiger partial charge in [-0.2, -0.15) is 0 Å². The Morgan fingerprint density at radius 2 is 1.42 bits per heavy atom. The molecule has 7 heteroatoms. The van der Waals surface area contributed by atoms with E-state index in [4.69, 9.17) is 9.84 Å². The van der Waals surface area contributed by atoms with E-state index >= 15 is 0 Å². The number of hydrogen-bond acceptors (Lipinski definition) is 4. The summed E-state index contributed by atoms with van der Waals surface area (Å²) in [5, 5.41) is 7.72. The molecule has 0 spiro atoms. The first-order chi connectivity index (χ1) is 18.4. The van der Waals surface area contributed by atoms with Crippen molar-refractivity contribution in [3.05, 3.63) is 119 Å². The van der Waals surface area contributed by atoms with Gasteiger partial charge in [0.25, 0.3) is 0 Å². The summed E-state index contributed by atoms with van der Waals surface area (Å²) in [7, 11) is 0. The van der Waals surface area contributed by atoms with Crippen molar-refractivity contribution in [2.45, 2.75) is 25.9 Å². The van der Waals surface area contributed by atoms with E-state index in [-0.39, 0.29) is 24.2 Å². The zero-order valence-corrected chi connectivity index (χ0v) is 21.8. The average Bonchev–Trinajstić information content (AvgIpc) is 2.94. The second-order valence-electron chi connectivity index (χ2n) is 9.05. The van der Waals surface area contributed by atoms with Crippen LogP contribution >= 0.6 is 0 Å². The van der Waals surface area contributed by atoms with Crippen LogP contribution < -0.4 is 0 Å². The maximum Gasteiger partial charge on any atom is 0.303 e. The van der Waals surface area contributed by atoms with Crippen LogP contribution in [0.5, 0.6) is 0 Å². The van der Waals surface area contributed by atoms with E-state index in [1.807, 2.05) is 6.07 Å². The first-order valence-corrected chi connectivity index (χ1v) is 13.0. The van der Waals surface area contributed by atoms with Crippen LogP contribution in [-0.4, -0.2) is 60.2 Å². The molecule has 0 radical (unpaired) electrons. The van der Waals surface area contributed by atoms with Crippen LogP contribution in [0.2, 0.25) is 0 Å². The van der Waals surface area contributed by atoms with Crippen LogP contribution in [0.3, 0.4) is 0 Å². The molecule has 3 aromatic carbocycles. The van der Waals surface area contributed by atoms with Gasteiger partial charge < -0.3 is 14.7 Å². The highest BCUT2D eigenvalue weighted by Crippen LogP contribution is 2.26. The predicted molar refractivity (Wildman–Crippen MR) is 146 cm³/mol. The summed E-state index contributed by atoms with van der Waals surface area (Å²) in [6.07, 6.45) is 5.25. The number of carboxylic acid groups (broad SMARTS) is 1. The first-order valence-electron chi connectivity index (χ1n) is 13.0. The summed E-state index contributed by atoms with van der Waals surface area (Å²) >= 11 is 0. The Morgan fingerprint density at radius 1 is 0.895 bits per heavy atom. The lowest BCUT2D eigenvalue weighted by molar-refractivity contribution is -0.136. The summed E-state index contributed by atoms with van der Waals surface area (Å²) in [5.41, 5.74) is 3.04. The molecular formula is C31H36F2N2O3. The number of allylic oxidation sites excluding steroid dienone is 1. The van der Waals surface area contributed by atoms with Crippen molar-refractivity contribution in [1.29, 1.82) is 0 Å². The number of aliphatic carboxylic acids is 1. The van der Waals surface area contributed by atoms with Gasteiger partial charge in [0.05, 0.1) is 6.61 Å².